The number of amides is 2. The molecule has 2 aliphatic heterocycles. The molecule has 1 saturated heterocycles. The summed E-state index contributed by atoms with van der Waals surface area (Å²) in [5.41, 5.74) is 0.693. The van der Waals surface area contributed by atoms with Gasteiger partial charge >= 0.3 is 6.03 Å². The van der Waals surface area contributed by atoms with Crippen molar-refractivity contribution in [3.05, 3.63) is 41.6 Å². The number of urea groups is 1. The van der Waals surface area contributed by atoms with Crippen LogP contribution in [0.4, 0.5) is 10.5 Å². The Kier molecular flexibility index (Phi) is 6.64. The number of anilines is 1. The highest BCUT2D eigenvalue weighted by atomic mass is 35.5. The second kappa shape index (κ2) is 9.15. The fourth-order valence-corrected chi connectivity index (χ4v) is 3.91. The molecule has 0 bridgehead atoms. The van der Waals surface area contributed by atoms with Crippen LogP contribution < -0.4 is 5.32 Å². The Morgan fingerprint density at radius 3 is 2.92 bits per heavy atom. The van der Waals surface area contributed by atoms with Crippen LogP contribution in [0.3, 0.4) is 0 Å². The standard InChI is InChI=1S/C18H23ClN4OS/c19-15-6-4-7-16(14-15)21-17(24)23-12-8-20-18(23)25-13-5-11-22-9-2-1-3-10-22/h4-7,11,14H,1-3,8-10,12-13H2,(H,21,24)/b11-5+. The van der Waals surface area contributed by atoms with Gasteiger partial charge in [-0.3, -0.25) is 9.89 Å². The predicted octanol–water partition coefficient (Wildman–Crippen LogP) is 4.28. The van der Waals surface area contributed by atoms with Gasteiger partial charge in [0.05, 0.1) is 6.54 Å². The van der Waals surface area contributed by atoms with Gasteiger partial charge in [-0.1, -0.05) is 35.5 Å². The summed E-state index contributed by atoms with van der Waals surface area (Å²) in [6.07, 6.45) is 8.23. The highest BCUT2D eigenvalue weighted by Gasteiger charge is 2.23. The van der Waals surface area contributed by atoms with Crippen LogP contribution in [0.1, 0.15) is 19.3 Å². The summed E-state index contributed by atoms with van der Waals surface area (Å²) >= 11 is 7.56. The van der Waals surface area contributed by atoms with E-state index in [-0.39, 0.29) is 6.03 Å². The zero-order chi connectivity index (χ0) is 17.5. The Morgan fingerprint density at radius 1 is 1.28 bits per heavy atom. The zero-order valence-corrected chi connectivity index (χ0v) is 15.7. The number of aliphatic imine (C=N–C) groups is 1. The number of piperidine rings is 1. The molecule has 5 nitrogen and oxygen atoms in total. The van der Waals surface area contributed by atoms with E-state index in [1.165, 1.54) is 19.3 Å². The van der Waals surface area contributed by atoms with Crippen molar-refractivity contribution < 1.29 is 4.79 Å². The number of carbonyl (C=O) groups is 1. The fourth-order valence-electron chi connectivity index (χ4n) is 2.88. The summed E-state index contributed by atoms with van der Waals surface area (Å²) in [5, 5.41) is 4.26. The Morgan fingerprint density at radius 2 is 2.12 bits per heavy atom. The first-order valence-electron chi connectivity index (χ1n) is 8.64. The van der Waals surface area contributed by atoms with Crippen LogP contribution in [0.5, 0.6) is 0 Å². The van der Waals surface area contributed by atoms with Crippen LogP contribution in [-0.2, 0) is 0 Å². The minimum absolute atomic E-state index is 0.161. The van der Waals surface area contributed by atoms with E-state index >= 15 is 0 Å². The molecular formula is C18H23ClN4OS. The molecule has 0 aliphatic carbocycles. The van der Waals surface area contributed by atoms with Crippen molar-refractivity contribution in [2.75, 3.05) is 37.2 Å². The van der Waals surface area contributed by atoms with Gasteiger partial charge in [0.1, 0.15) is 0 Å². The van der Waals surface area contributed by atoms with Crippen molar-refractivity contribution in [3.8, 4) is 0 Å². The van der Waals surface area contributed by atoms with E-state index in [9.17, 15) is 4.79 Å². The first-order valence-corrected chi connectivity index (χ1v) is 10.0. The van der Waals surface area contributed by atoms with Gasteiger partial charge < -0.3 is 10.2 Å². The molecule has 1 aromatic rings. The first kappa shape index (κ1) is 18.1. The Bertz CT molecular complexity index is 658. The van der Waals surface area contributed by atoms with Crippen LogP contribution in [0.2, 0.25) is 5.02 Å². The van der Waals surface area contributed by atoms with Crippen LogP contribution in [0.25, 0.3) is 0 Å². The summed E-state index contributed by atoms with van der Waals surface area (Å²) in [5.74, 6) is 0.816. The maximum Gasteiger partial charge on any atom is 0.327 e. The molecule has 0 radical (unpaired) electrons. The average Bonchev–Trinajstić information content (AvgIpc) is 3.08. The number of likely N-dealkylation sites (tertiary alicyclic amines) is 1. The molecule has 7 heteroatoms. The Labute approximate surface area is 158 Å². The quantitative estimate of drug-likeness (QED) is 0.850. The van der Waals surface area contributed by atoms with Crippen molar-refractivity contribution >= 4 is 40.2 Å². The smallest absolute Gasteiger partial charge is 0.327 e. The first-order chi connectivity index (χ1) is 12.2. The summed E-state index contributed by atoms with van der Waals surface area (Å²) in [7, 11) is 0. The summed E-state index contributed by atoms with van der Waals surface area (Å²) in [4.78, 5) is 21.0. The third kappa shape index (κ3) is 5.41. The number of halogens is 1. The average molecular weight is 379 g/mol. The predicted molar refractivity (Wildman–Crippen MR) is 107 cm³/mol. The van der Waals surface area contributed by atoms with Gasteiger partial charge in [-0.2, -0.15) is 0 Å². The molecule has 134 valence electrons. The lowest BCUT2D eigenvalue weighted by atomic mass is 10.1. The SMILES string of the molecule is O=C(Nc1cccc(Cl)c1)N1CCN=C1SC/C=C/N1CCCCC1. The number of carbonyl (C=O) groups excluding carboxylic acids is 1. The molecule has 1 N–H and O–H groups in total. The van der Waals surface area contributed by atoms with E-state index in [0.717, 1.165) is 24.0 Å². The van der Waals surface area contributed by atoms with E-state index in [4.69, 9.17) is 11.6 Å². The Hall–Kier alpha value is -1.66. The number of hydrogen-bond donors (Lipinski definition) is 1. The number of hydrogen-bond acceptors (Lipinski definition) is 4. The monoisotopic (exact) mass is 378 g/mol. The van der Waals surface area contributed by atoms with Gasteiger partial charge in [-0.25, -0.2) is 4.79 Å². The molecule has 3 rings (SSSR count). The maximum absolute atomic E-state index is 12.5. The third-order valence-electron chi connectivity index (χ3n) is 4.14. The molecule has 0 aromatic heterocycles. The number of rotatable bonds is 4. The van der Waals surface area contributed by atoms with Crippen LogP contribution in [-0.4, -0.2) is 52.9 Å². The van der Waals surface area contributed by atoms with Crippen LogP contribution in [0.15, 0.2) is 41.5 Å². The summed E-state index contributed by atoms with van der Waals surface area (Å²) < 4.78 is 0. The lowest BCUT2D eigenvalue weighted by Gasteiger charge is -2.24. The number of nitrogens with one attached hydrogen (secondary N) is 1. The van der Waals surface area contributed by atoms with Gasteiger partial charge in [0, 0.05) is 36.1 Å². The van der Waals surface area contributed by atoms with E-state index < -0.39 is 0 Å². The normalized spacial score (nSPS) is 17.9. The molecule has 2 amide bonds. The van der Waals surface area contributed by atoms with Crippen LogP contribution in [0, 0.1) is 0 Å². The molecule has 1 fully saturated rings. The number of nitrogens with zero attached hydrogens (tertiary/aromatic N) is 3. The lowest BCUT2D eigenvalue weighted by molar-refractivity contribution is 0.237. The van der Waals surface area contributed by atoms with Crippen molar-refractivity contribution in [1.29, 1.82) is 0 Å². The fraction of sp³-hybridized carbons (Fsp3) is 0.444. The molecule has 0 atom stereocenters. The van der Waals surface area contributed by atoms with Crippen molar-refractivity contribution in [1.82, 2.24) is 9.80 Å². The number of thioether (sulfide) groups is 1. The largest absolute Gasteiger partial charge is 0.378 e. The number of amidine groups is 1. The molecule has 2 aliphatic rings. The molecule has 0 saturated carbocycles. The Balaban J connectivity index is 1.48. The van der Waals surface area contributed by atoms with Gasteiger partial charge in [0.2, 0.25) is 0 Å². The highest BCUT2D eigenvalue weighted by Crippen LogP contribution is 2.19. The minimum atomic E-state index is -0.161. The van der Waals surface area contributed by atoms with Gasteiger partial charge in [-0.15, -0.1) is 0 Å². The highest BCUT2D eigenvalue weighted by molar-refractivity contribution is 8.13. The van der Waals surface area contributed by atoms with Gasteiger partial charge in [-0.05, 0) is 43.7 Å². The van der Waals surface area contributed by atoms with E-state index in [1.54, 1.807) is 28.8 Å². The van der Waals surface area contributed by atoms with E-state index in [2.05, 4.69) is 27.5 Å². The summed E-state index contributed by atoms with van der Waals surface area (Å²) in [6.45, 7) is 3.57. The van der Waals surface area contributed by atoms with Crippen molar-refractivity contribution in [3.63, 3.8) is 0 Å². The minimum Gasteiger partial charge on any atom is -0.378 e. The number of benzene rings is 1. The topological polar surface area (TPSA) is 47.9 Å². The molecule has 0 unspecified atom stereocenters. The molecule has 1 aromatic carbocycles. The van der Waals surface area contributed by atoms with E-state index in [0.29, 0.717) is 23.8 Å². The maximum atomic E-state index is 12.5. The zero-order valence-electron chi connectivity index (χ0n) is 14.2. The molecule has 2 heterocycles. The van der Waals surface area contributed by atoms with Crippen LogP contribution >= 0.6 is 23.4 Å². The van der Waals surface area contributed by atoms with Gasteiger partial charge in [0.15, 0.2) is 5.17 Å². The van der Waals surface area contributed by atoms with Crippen molar-refractivity contribution in [2.24, 2.45) is 4.99 Å². The van der Waals surface area contributed by atoms with Crippen molar-refractivity contribution in [2.45, 2.75) is 19.3 Å². The third-order valence-corrected chi connectivity index (χ3v) is 5.34. The second-order valence-corrected chi connectivity index (χ2v) is 7.47. The lowest BCUT2D eigenvalue weighted by Crippen LogP contribution is -2.36. The summed E-state index contributed by atoms with van der Waals surface area (Å²) in [6, 6.07) is 7.00. The molecule has 25 heavy (non-hydrogen) atoms. The van der Waals surface area contributed by atoms with E-state index in [1.807, 2.05) is 12.1 Å². The van der Waals surface area contributed by atoms with Gasteiger partial charge in [0.25, 0.3) is 0 Å². The second-order valence-electron chi connectivity index (χ2n) is 6.05. The molecule has 0 spiro atoms. The molecular weight excluding hydrogens is 356 g/mol.